The van der Waals surface area contributed by atoms with E-state index in [0.717, 1.165) is 32.5 Å². The van der Waals surface area contributed by atoms with Crippen LogP contribution in [0.1, 0.15) is 51.7 Å². The van der Waals surface area contributed by atoms with E-state index in [0.29, 0.717) is 6.54 Å². The fourth-order valence-electron chi connectivity index (χ4n) is 2.56. The Hall–Kier alpha value is -1.35. The molecular formula is C18H30N2O. The summed E-state index contributed by atoms with van der Waals surface area (Å²) in [7, 11) is 0. The summed E-state index contributed by atoms with van der Waals surface area (Å²) in [6, 6.07) is 8.40. The maximum absolute atomic E-state index is 12.1. The van der Waals surface area contributed by atoms with Crippen molar-refractivity contribution in [2.24, 2.45) is 5.92 Å². The highest BCUT2D eigenvalue weighted by molar-refractivity contribution is 5.78. The van der Waals surface area contributed by atoms with Gasteiger partial charge in [-0.2, -0.15) is 0 Å². The Balaban J connectivity index is 2.68. The van der Waals surface area contributed by atoms with Crippen molar-refractivity contribution >= 4 is 5.91 Å². The number of rotatable bonds is 9. The van der Waals surface area contributed by atoms with Crippen molar-refractivity contribution in [3.05, 3.63) is 35.4 Å². The minimum absolute atomic E-state index is 0.139. The molecule has 0 aromatic heterocycles. The van der Waals surface area contributed by atoms with E-state index >= 15 is 0 Å². The normalized spacial score (nSPS) is 11.1. The second kappa shape index (κ2) is 9.56. The van der Waals surface area contributed by atoms with Gasteiger partial charge < -0.3 is 5.32 Å². The molecule has 3 nitrogen and oxygen atoms in total. The van der Waals surface area contributed by atoms with E-state index < -0.39 is 0 Å². The number of hydrogen-bond donors (Lipinski definition) is 1. The zero-order chi connectivity index (χ0) is 15.7. The van der Waals surface area contributed by atoms with Gasteiger partial charge in [0, 0.05) is 19.0 Å². The van der Waals surface area contributed by atoms with E-state index in [9.17, 15) is 4.79 Å². The molecule has 0 saturated carbocycles. The Morgan fingerprint density at radius 3 is 2.14 bits per heavy atom. The third-order valence-corrected chi connectivity index (χ3v) is 4.22. The van der Waals surface area contributed by atoms with Crippen molar-refractivity contribution < 1.29 is 4.79 Å². The predicted octanol–water partition coefficient (Wildman–Crippen LogP) is 3.58. The number of nitrogens with zero attached hydrogens (tertiary/aromatic N) is 1. The summed E-state index contributed by atoms with van der Waals surface area (Å²) >= 11 is 0. The van der Waals surface area contributed by atoms with Gasteiger partial charge in [0.1, 0.15) is 0 Å². The van der Waals surface area contributed by atoms with E-state index in [1.165, 1.54) is 11.1 Å². The van der Waals surface area contributed by atoms with Gasteiger partial charge in [-0.3, -0.25) is 9.69 Å². The molecule has 3 heteroatoms. The quantitative estimate of drug-likeness (QED) is 0.754. The zero-order valence-electron chi connectivity index (χ0n) is 14.0. The van der Waals surface area contributed by atoms with E-state index in [2.05, 4.69) is 56.1 Å². The molecule has 21 heavy (non-hydrogen) atoms. The summed E-state index contributed by atoms with van der Waals surface area (Å²) in [5.74, 6) is 0.317. The molecule has 0 aliphatic rings. The number of carbonyl (C=O) groups is 1. The molecule has 0 aliphatic heterocycles. The first-order valence-corrected chi connectivity index (χ1v) is 8.22. The third kappa shape index (κ3) is 5.50. The van der Waals surface area contributed by atoms with Crippen molar-refractivity contribution in [1.82, 2.24) is 10.2 Å². The Morgan fingerprint density at radius 1 is 1.05 bits per heavy atom. The van der Waals surface area contributed by atoms with Crippen molar-refractivity contribution in [3.63, 3.8) is 0 Å². The second-order valence-electron chi connectivity index (χ2n) is 5.46. The lowest BCUT2D eigenvalue weighted by Gasteiger charge is -2.20. The van der Waals surface area contributed by atoms with Crippen molar-refractivity contribution in [3.8, 4) is 0 Å². The van der Waals surface area contributed by atoms with Crippen molar-refractivity contribution in [2.45, 2.75) is 53.6 Å². The first kappa shape index (κ1) is 17.7. The summed E-state index contributed by atoms with van der Waals surface area (Å²) < 4.78 is 0. The number of carbonyl (C=O) groups excluding carboxylic acids is 1. The molecule has 1 rings (SSSR count). The van der Waals surface area contributed by atoms with Gasteiger partial charge in [0.05, 0.1) is 0 Å². The highest BCUT2D eigenvalue weighted by atomic mass is 16.1. The lowest BCUT2D eigenvalue weighted by Crippen LogP contribution is -2.30. The zero-order valence-corrected chi connectivity index (χ0v) is 14.0. The van der Waals surface area contributed by atoms with Crippen LogP contribution < -0.4 is 5.32 Å². The number of hydrogen-bond acceptors (Lipinski definition) is 2. The van der Waals surface area contributed by atoms with E-state index in [1.807, 2.05) is 6.07 Å². The average molecular weight is 290 g/mol. The standard InChI is InChI=1S/C18H30N2O/c1-5-15(6-2)18(21)19-13-16-11-9-10-12-17(16)14-20(7-3)8-4/h9-12,15H,5-8,13-14H2,1-4H3,(H,19,21). The Morgan fingerprint density at radius 2 is 1.62 bits per heavy atom. The van der Waals surface area contributed by atoms with E-state index in [-0.39, 0.29) is 11.8 Å². The first-order valence-electron chi connectivity index (χ1n) is 8.22. The van der Waals surface area contributed by atoms with Crippen LogP contribution in [0, 0.1) is 5.92 Å². The number of nitrogens with one attached hydrogen (secondary N) is 1. The largest absolute Gasteiger partial charge is 0.352 e. The number of amides is 1. The molecule has 0 saturated heterocycles. The monoisotopic (exact) mass is 290 g/mol. The molecule has 1 N–H and O–H groups in total. The molecule has 0 radical (unpaired) electrons. The summed E-state index contributed by atoms with van der Waals surface area (Å²) in [6.45, 7) is 12.2. The van der Waals surface area contributed by atoms with Crippen LogP contribution in [0.25, 0.3) is 0 Å². The van der Waals surface area contributed by atoms with Crippen LogP contribution in [0.5, 0.6) is 0 Å². The maximum Gasteiger partial charge on any atom is 0.223 e. The minimum Gasteiger partial charge on any atom is -0.352 e. The lowest BCUT2D eigenvalue weighted by atomic mass is 10.0. The Kier molecular flexibility index (Phi) is 8.06. The van der Waals surface area contributed by atoms with Gasteiger partial charge in [-0.25, -0.2) is 0 Å². The topological polar surface area (TPSA) is 32.3 Å². The molecule has 0 bridgehead atoms. The van der Waals surface area contributed by atoms with Crippen LogP contribution >= 0.6 is 0 Å². The van der Waals surface area contributed by atoms with Crippen LogP contribution in [0.4, 0.5) is 0 Å². The van der Waals surface area contributed by atoms with Crippen LogP contribution in [0.2, 0.25) is 0 Å². The molecule has 118 valence electrons. The van der Waals surface area contributed by atoms with Gasteiger partial charge >= 0.3 is 0 Å². The highest BCUT2D eigenvalue weighted by Gasteiger charge is 2.14. The van der Waals surface area contributed by atoms with Gasteiger partial charge in [-0.15, -0.1) is 0 Å². The van der Waals surface area contributed by atoms with Gasteiger partial charge in [-0.05, 0) is 37.1 Å². The fourth-order valence-corrected chi connectivity index (χ4v) is 2.56. The van der Waals surface area contributed by atoms with Crippen molar-refractivity contribution in [2.75, 3.05) is 13.1 Å². The van der Waals surface area contributed by atoms with Crippen molar-refractivity contribution in [1.29, 1.82) is 0 Å². The molecule has 0 fully saturated rings. The predicted molar refractivity (Wildman–Crippen MR) is 89.0 cm³/mol. The average Bonchev–Trinajstić information content (AvgIpc) is 2.52. The summed E-state index contributed by atoms with van der Waals surface area (Å²) in [4.78, 5) is 14.5. The van der Waals surface area contributed by atoms with E-state index in [4.69, 9.17) is 0 Å². The summed E-state index contributed by atoms with van der Waals surface area (Å²) in [6.07, 6.45) is 1.81. The van der Waals surface area contributed by atoms with E-state index in [1.54, 1.807) is 0 Å². The fraction of sp³-hybridized carbons (Fsp3) is 0.611. The molecule has 0 atom stereocenters. The lowest BCUT2D eigenvalue weighted by molar-refractivity contribution is -0.125. The smallest absolute Gasteiger partial charge is 0.223 e. The Bertz CT molecular complexity index is 423. The van der Waals surface area contributed by atoms with Gasteiger partial charge in [-0.1, -0.05) is 52.0 Å². The van der Waals surface area contributed by atoms with Gasteiger partial charge in [0.25, 0.3) is 0 Å². The van der Waals surface area contributed by atoms with Crippen LogP contribution in [0.15, 0.2) is 24.3 Å². The molecular weight excluding hydrogens is 260 g/mol. The van der Waals surface area contributed by atoms with Gasteiger partial charge in [0.15, 0.2) is 0 Å². The molecule has 0 heterocycles. The van der Waals surface area contributed by atoms with Gasteiger partial charge in [0.2, 0.25) is 5.91 Å². The van der Waals surface area contributed by atoms with Crippen LogP contribution in [0.3, 0.4) is 0 Å². The maximum atomic E-state index is 12.1. The molecule has 1 aromatic carbocycles. The summed E-state index contributed by atoms with van der Waals surface area (Å²) in [5, 5.41) is 3.09. The first-order chi connectivity index (χ1) is 10.2. The third-order valence-electron chi connectivity index (χ3n) is 4.22. The van der Waals surface area contributed by atoms with Crippen LogP contribution in [-0.2, 0) is 17.9 Å². The minimum atomic E-state index is 0.139. The molecule has 1 aromatic rings. The second-order valence-corrected chi connectivity index (χ2v) is 5.46. The number of benzene rings is 1. The Labute approximate surface area is 129 Å². The molecule has 0 spiro atoms. The SMILES string of the molecule is CCC(CC)C(=O)NCc1ccccc1CN(CC)CC. The highest BCUT2D eigenvalue weighted by Crippen LogP contribution is 2.13. The summed E-state index contributed by atoms with van der Waals surface area (Å²) in [5.41, 5.74) is 2.54. The van der Waals surface area contributed by atoms with Crippen LogP contribution in [-0.4, -0.2) is 23.9 Å². The molecule has 0 unspecified atom stereocenters. The molecule has 1 amide bonds. The molecule has 0 aliphatic carbocycles.